The number of carbonyl (C=O) groups excluding carboxylic acids is 1. The largest absolute Gasteiger partial charge is 0.322 e. The lowest BCUT2D eigenvalue weighted by molar-refractivity contribution is 0.102. The van der Waals surface area contributed by atoms with E-state index in [1.165, 1.54) is 11.8 Å². The van der Waals surface area contributed by atoms with E-state index in [0.29, 0.717) is 17.1 Å². The number of halogens is 1. The summed E-state index contributed by atoms with van der Waals surface area (Å²) in [6.45, 7) is 0. The average molecular weight is 467 g/mol. The minimum atomic E-state index is -0.196. The van der Waals surface area contributed by atoms with Crippen LogP contribution in [0.2, 0.25) is 0 Å². The van der Waals surface area contributed by atoms with Crippen molar-refractivity contribution < 1.29 is 4.79 Å². The molecule has 0 saturated carbocycles. The number of carbonyl (C=O) groups is 1. The summed E-state index contributed by atoms with van der Waals surface area (Å²) in [5.74, 6) is 0.428. The van der Waals surface area contributed by atoms with Crippen molar-refractivity contribution in [3.8, 4) is 11.4 Å². The van der Waals surface area contributed by atoms with Crippen LogP contribution >= 0.6 is 27.7 Å². The molecule has 0 unspecified atom stereocenters. The van der Waals surface area contributed by atoms with Gasteiger partial charge in [0.25, 0.3) is 5.91 Å². The van der Waals surface area contributed by atoms with E-state index in [2.05, 4.69) is 41.8 Å². The van der Waals surface area contributed by atoms with Gasteiger partial charge < -0.3 is 5.32 Å². The first-order valence-corrected chi connectivity index (χ1v) is 10.2. The van der Waals surface area contributed by atoms with Crippen molar-refractivity contribution in [2.75, 3.05) is 5.32 Å². The summed E-state index contributed by atoms with van der Waals surface area (Å²) in [5.41, 5.74) is 2.06. The molecule has 0 atom stereocenters. The van der Waals surface area contributed by atoms with E-state index >= 15 is 0 Å². The predicted molar refractivity (Wildman–Crippen MR) is 115 cm³/mol. The van der Waals surface area contributed by atoms with E-state index in [1.54, 1.807) is 24.0 Å². The van der Waals surface area contributed by atoms with Crippen LogP contribution in [0.4, 0.5) is 5.69 Å². The average Bonchev–Trinajstić information content (AvgIpc) is 3.16. The highest BCUT2D eigenvalue weighted by atomic mass is 79.9. The van der Waals surface area contributed by atoms with Gasteiger partial charge >= 0.3 is 0 Å². The zero-order chi connectivity index (χ0) is 20.2. The SMILES string of the molecule is Cn1nnnc1-c1cccc(NC(=O)c2ccccc2Sc2ccc(Br)cn2)c1. The number of pyridine rings is 1. The summed E-state index contributed by atoms with van der Waals surface area (Å²) in [5, 5.41) is 15.3. The van der Waals surface area contributed by atoms with Crippen molar-refractivity contribution in [1.82, 2.24) is 25.2 Å². The van der Waals surface area contributed by atoms with E-state index in [9.17, 15) is 4.79 Å². The van der Waals surface area contributed by atoms with E-state index in [4.69, 9.17) is 0 Å². The number of aryl methyl sites for hydroxylation is 1. The zero-order valence-corrected chi connectivity index (χ0v) is 17.7. The van der Waals surface area contributed by atoms with Crippen molar-refractivity contribution in [3.05, 3.63) is 76.9 Å². The zero-order valence-electron chi connectivity index (χ0n) is 15.3. The Morgan fingerprint density at radius 1 is 1.10 bits per heavy atom. The van der Waals surface area contributed by atoms with Gasteiger partial charge in [-0.05, 0) is 62.8 Å². The lowest BCUT2D eigenvalue weighted by Crippen LogP contribution is -2.13. The van der Waals surface area contributed by atoms with Crippen LogP contribution in [0.5, 0.6) is 0 Å². The fourth-order valence-electron chi connectivity index (χ4n) is 2.69. The molecule has 9 heteroatoms. The van der Waals surface area contributed by atoms with E-state index in [-0.39, 0.29) is 5.91 Å². The maximum Gasteiger partial charge on any atom is 0.256 e. The summed E-state index contributed by atoms with van der Waals surface area (Å²) in [6, 6.07) is 18.7. The topological polar surface area (TPSA) is 85.6 Å². The van der Waals surface area contributed by atoms with Crippen LogP contribution in [0.15, 0.2) is 81.3 Å². The number of nitrogens with zero attached hydrogens (tertiary/aromatic N) is 5. The molecule has 0 fully saturated rings. The fourth-order valence-corrected chi connectivity index (χ4v) is 3.81. The predicted octanol–water partition coefficient (Wildman–Crippen LogP) is 4.44. The summed E-state index contributed by atoms with van der Waals surface area (Å²) in [6.07, 6.45) is 1.73. The maximum absolute atomic E-state index is 12.9. The van der Waals surface area contributed by atoms with Crippen LogP contribution in [0.1, 0.15) is 10.4 Å². The van der Waals surface area contributed by atoms with Gasteiger partial charge in [-0.25, -0.2) is 9.67 Å². The molecule has 144 valence electrons. The molecular formula is C20H15BrN6OS. The molecule has 0 bridgehead atoms. The van der Waals surface area contributed by atoms with Crippen molar-refractivity contribution in [1.29, 1.82) is 0 Å². The van der Waals surface area contributed by atoms with Gasteiger partial charge in [0.15, 0.2) is 5.82 Å². The standard InChI is InChI=1S/C20H15BrN6OS/c1-27-19(24-25-26-27)13-5-4-6-15(11-13)23-20(28)16-7-2-3-8-17(16)29-18-10-9-14(21)12-22-18/h2-12H,1H3,(H,23,28). The van der Waals surface area contributed by atoms with Crippen molar-refractivity contribution >= 4 is 39.3 Å². The molecule has 0 aliphatic rings. The van der Waals surface area contributed by atoms with Crippen molar-refractivity contribution in [2.24, 2.45) is 7.05 Å². The number of tetrazole rings is 1. The molecule has 4 aromatic rings. The first-order valence-electron chi connectivity index (χ1n) is 8.63. The molecule has 1 N–H and O–H groups in total. The molecule has 4 rings (SSSR count). The van der Waals surface area contributed by atoms with Crippen molar-refractivity contribution in [3.63, 3.8) is 0 Å². The Balaban J connectivity index is 1.56. The molecular weight excluding hydrogens is 452 g/mol. The van der Waals surface area contributed by atoms with Crippen LogP contribution in [-0.2, 0) is 7.05 Å². The Morgan fingerprint density at radius 2 is 1.97 bits per heavy atom. The molecule has 2 aromatic carbocycles. The molecule has 1 amide bonds. The molecule has 0 saturated heterocycles. The molecule has 7 nitrogen and oxygen atoms in total. The van der Waals surface area contributed by atoms with E-state index in [1.807, 2.05) is 54.6 Å². The Hall–Kier alpha value is -3.04. The van der Waals surface area contributed by atoms with Crippen LogP contribution in [-0.4, -0.2) is 31.1 Å². The number of hydrogen-bond donors (Lipinski definition) is 1. The third-order valence-corrected chi connectivity index (χ3v) is 5.54. The highest BCUT2D eigenvalue weighted by Crippen LogP contribution is 2.30. The number of aromatic nitrogens is 5. The first-order chi connectivity index (χ1) is 14.1. The van der Waals surface area contributed by atoms with Gasteiger partial charge in [0, 0.05) is 33.9 Å². The molecule has 2 aromatic heterocycles. The van der Waals surface area contributed by atoms with E-state index in [0.717, 1.165) is 20.0 Å². The number of anilines is 1. The van der Waals surface area contributed by atoms with Gasteiger partial charge in [-0.15, -0.1) is 5.10 Å². The van der Waals surface area contributed by atoms with Gasteiger partial charge in [-0.1, -0.05) is 36.0 Å². The minimum Gasteiger partial charge on any atom is -0.322 e. The third-order valence-electron chi connectivity index (χ3n) is 4.05. The summed E-state index contributed by atoms with van der Waals surface area (Å²) in [4.78, 5) is 18.1. The molecule has 0 radical (unpaired) electrons. The highest BCUT2D eigenvalue weighted by molar-refractivity contribution is 9.10. The molecule has 0 spiro atoms. The number of hydrogen-bond acceptors (Lipinski definition) is 6. The molecule has 0 aliphatic carbocycles. The second-order valence-corrected chi connectivity index (χ2v) is 8.05. The van der Waals surface area contributed by atoms with Gasteiger partial charge in [-0.2, -0.15) is 0 Å². The van der Waals surface area contributed by atoms with Crippen molar-refractivity contribution in [2.45, 2.75) is 9.92 Å². The van der Waals surface area contributed by atoms with Crippen LogP contribution in [0, 0.1) is 0 Å². The lowest BCUT2D eigenvalue weighted by Gasteiger charge is -2.10. The molecule has 0 aliphatic heterocycles. The summed E-state index contributed by atoms with van der Waals surface area (Å²) in [7, 11) is 1.77. The minimum absolute atomic E-state index is 0.196. The van der Waals surface area contributed by atoms with Gasteiger partial charge in [0.1, 0.15) is 5.03 Å². The number of nitrogens with one attached hydrogen (secondary N) is 1. The second-order valence-electron chi connectivity index (χ2n) is 6.07. The Bertz CT molecular complexity index is 1160. The second kappa shape index (κ2) is 8.54. The first kappa shape index (κ1) is 19.3. The molecule has 29 heavy (non-hydrogen) atoms. The Labute approximate surface area is 179 Å². The third kappa shape index (κ3) is 4.52. The van der Waals surface area contributed by atoms with Gasteiger partial charge in [0.2, 0.25) is 0 Å². The van der Waals surface area contributed by atoms with Gasteiger partial charge in [0.05, 0.1) is 5.56 Å². The molecule has 2 heterocycles. The Kier molecular flexibility index (Phi) is 5.68. The Morgan fingerprint density at radius 3 is 2.72 bits per heavy atom. The monoisotopic (exact) mass is 466 g/mol. The van der Waals surface area contributed by atoms with Gasteiger partial charge in [-0.3, -0.25) is 4.79 Å². The summed E-state index contributed by atoms with van der Waals surface area (Å²) >= 11 is 4.82. The quantitative estimate of drug-likeness (QED) is 0.467. The number of benzene rings is 2. The van der Waals surface area contributed by atoms with Crippen LogP contribution < -0.4 is 5.32 Å². The normalized spacial score (nSPS) is 10.7. The fraction of sp³-hybridized carbons (Fsp3) is 0.0500. The van der Waals surface area contributed by atoms with E-state index < -0.39 is 0 Å². The maximum atomic E-state index is 12.9. The number of rotatable bonds is 5. The van der Waals surface area contributed by atoms with Crippen LogP contribution in [0.25, 0.3) is 11.4 Å². The van der Waals surface area contributed by atoms with Crippen LogP contribution in [0.3, 0.4) is 0 Å². The smallest absolute Gasteiger partial charge is 0.256 e. The lowest BCUT2D eigenvalue weighted by atomic mass is 10.1. The summed E-state index contributed by atoms with van der Waals surface area (Å²) < 4.78 is 2.49. The highest BCUT2D eigenvalue weighted by Gasteiger charge is 2.14. The number of amides is 1.